The van der Waals surface area contributed by atoms with Gasteiger partial charge in [-0.2, -0.15) is 0 Å². The summed E-state index contributed by atoms with van der Waals surface area (Å²) in [5.74, 6) is -0.593. The normalized spacial score (nSPS) is 12.2. The van der Waals surface area contributed by atoms with E-state index in [1.807, 2.05) is 6.92 Å². The molecular formula is C19H37N3O6. The van der Waals surface area contributed by atoms with Crippen LogP contribution in [0.2, 0.25) is 0 Å². The van der Waals surface area contributed by atoms with Gasteiger partial charge in [0.1, 0.15) is 11.6 Å². The molecule has 28 heavy (non-hydrogen) atoms. The fourth-order valence-electron chi connectivity index (χ4n) is 2.23. The van der Waals surface area contributed by atoms with Gasteiger partial charge in [-0.25, -0.2) is 4.79 Å². The van der Waals surface area contributed by atoms with E-state index in [4.69, 9.17) is 14.6 Å². The highest BCUT2D eigenvalue weighted by molar-refractivity contribution is 5.87. The Hall–Kier alpha value is -1.87. The zero-order chi connectivity index (χ0) is 21.4. The molecule has 0 aromatic carbocycles. The van der Waals surface area contributed by atoms with E-state index in [0.29, 0.717) is 39.0 Å². The molecule has 4 N–H and O–H groups in total. The monoisotopic (exact) mass is 403 g/mol. The summed E-state index contributed by atoms with van der Waals surface area (Å²) < 4.78 is 10.4. The molecule has 0 radical (unpaired) electrons. The first kappa shape index (κ1) is 26.1. The predicted octanol–water partition coefficient (Wildman–Crippen LogP) is 1.09. The average Bonchev–Trinajstić information content (AvgIpc) is 2.60. The van der Waals surface area contributed by atoms with Crippen LogP contribution in [0.5, 0.6) is 0 Å². The number of hydrogen-bond acceptors (Lipinski definition) is 6. The minimum Gasteiger partial charge on any atom is -0.444 e. The van der Waals surface area contributed by atoms with Crippen molar-refractivity contribution in [1.82, 2.24) is 16.0 Å². The van der Waals surface area contributed by atoms with Gasteiger partial charge in [-0.05, 0) is 46.5 Å². The van der Waals surface area contributed by atoms with E-state index in [1.165, 1.54) is 0 Å². The molecule has 0 saturated carbocycles. The molecule has 0 rings (SSSR count). The van der Waals surface area contributed by atoms with Gasteiger partial charge in [-0.1, -0.05) is 6.92 Å². The maximum Gasteiger partial charge on any atom is 0.407 e. The van der Waals surface area contributed by atoms with E-state index in [0.717, 1.165) is 6.42 Å². The molecule has 0 spiro atoms. The number of amides is 3. The van der Waals surface area contributed by atoms with Crippen molar-refractivity contribution in [3.05, 3.63) is 0 Å². The zero-order valence-corrected chi connectivity index (χ0v) is 17.6. The number of ether oxygens (including phenoxy) is 2. The van der Waals surface area contributed by atoms with E-state index in [-0.39, 0.29) is 31.4 Å². The van der Waals surface area contributed by atoms with Gasteiger partial charge in [0.05, 0.1) is 13.2 Å². The number of aliphatic hydroxyl groups excluding tert-OH is 1. The summed E-state index contributed by atoms with van der Waals surface area (Å²) in [4.78, 5) is 35.8. The third-order valence-corrected chi connectivity index (χ3v) is 3.47. The number of carbonyl (C=O) groups is 3. The number of unbranched alkanes of at least 4 members (excludes halogenated alkanes) is 1. The van der Waals surface area contributed by atoms with Gasteiger partial charge in [0.25, 0.3) is 0 Å². The molecule has 0 aliphatic carbocycles. The molecule has 164 valence electrons. The van der Waals surface area contributed by atoms with Crippen molar-refractivity contribution in [2.45, 2.75) is 71.4 Å². The largest absolute Gasteiger partial charge is 0.444 e. The molecule has 0 heterocycles. The fraction of sp³-hybridized carbons (Fsp3) is 0.842. The van der Waals surface area contributed by atoms with Crippen LogP contribution in [0, 0.1) is 0 Å². The van der Waals surface area contributed by atoms with Gasteiger partial charge in [0.15, 0.2) is 0 Å². The molecule has 0 aliphatic rings. The zero-order valence-electron chi connectivity index (χ0n) is 17.6. The lowest BCUT2D eigenvalue weighted by Crippen LogP contribution is -2.47. The van der Waals surface area contributed by atoms with Crippen molar-refractivity contribution < 1.29 is 29.0 Å². The Labute approximate surface area is 167 Å². The fourth-order valence-corrected chi connectivity index (χ4v) is 2.23. The minimum absolute atomic E-state index is 0.130. The molecule has 0 bridgehead atoms. The van der Waals surface area contributed by atoms with Crippen molar-refractivity contribution in [3.8, 4) is 0 Å². The van der Waals surface area contributed by atoms with E-state index < -0.39 is 17.7 Å². The second-order valence-corrected chi connectivity index (χ2v) is 7.42. The summed E-state index contributed by atoms with van der Waals surface area (Å²) in [5, 5.41) is 16.8. The van der Waals surface area contributed by atoms with E-state index in [2.05, 4.69) is 16.0 Å². The molecule has 0 saturated heterocycles. The number of hydrogen-bond donors (Lipinski definition) is 4. The molecule has 1 unspecified atom stereocenters. The van der Waals surface area contributed by atoms with Gasteiger partial charge in [0, 0.05) is 26.1 Å². The van der Waals surface area contributed by atoms with Gasteiger partial charge < -0.3 is 30.5 Å². The van der Waals surface area contributed by atoms with Crippen LogP contribution in [-0.4, -0.2) is 67.6 Å². The van der Waals surface area contributed by atoms with E-state index >= 15 is 0 Å². The molecule has 9 nitrogen and oxygen atoms in total. The van der Waals surface area contributed by atoms with Gasteiger partial charge in [0.2, 0.25) is 11.8 Å². The van der Waals surface area contributed by atoms with Gasteiger partial charge >= 0.3 is 6.09 Å². The van der Waals surface area contributed by atoms with E-state index in [9.17, 15) is 14.4 Å². The van der Waals surface area contributed by atoms with Crippen molar-refractivity contribution >= 4 is 17.9 Å². The Kier molecular flexibility index (Phi) is 14.1. The number of alkyl carbamates (subject to hydrolysis) is 1. The number of rotatable bonds is 14. The summed E-state index contributed by atoms with van der Waals surface area (Å²) >= 11 is 0. The summed E-state index contributed by atoms with van der Waals surface area (Å²) in [6.45, 7) is 8.64. The molecule has 0 fully saturated rings. The summed E-state index contributed by atoms with van der Waals surface area (Å²) in [6.07, 6.45) is 2.27. The highest BCUT2D eigenvalue weighted by atomic mass is 16.6. The second-order valence-electron chi connectivity index (χ2n) is 7.42. The minimum atomic E-state index is -0.688. The Morgan fingerprint density at radius 3 is 2.36 bits per heavy atom. The van der Waals surface area contributed by atoms with Gasteiger partial charge in [-0.15, -0.1) is 0 Å². The highest BCUT2D eigenvalue weighted by Crippen LogP contribution is 2.07. The Morgan fingerprint density at radius 1 is 1.04 bits per heavy atom. The molecule has 0 aliphatic heterocycles. The third-order valence-electron chi connectivity index (χ3n) is 3.47. The number of nitrogens with one attached hydrogen (secondary N) is 3. The number of aliphatic hydroxyl groups is 1. The molecule has 3 amide bonds. The van der Waals surface area contributed by atoms with Crippen LogP contribution in [0.1, 0.15) is 59.8 Å². The smallest absolute Gasteiger partial charge is 0.407 e. The number of carbonyl (C=O) groups excluding carboxylic acids is 3. The van der Waals surface area contributed by atoms with Crippen LogP contribution < -0.4 is 16.0 Å². The van der Waals surface area contributed by atoms with Crippen LogP contribution in [-0.2, 0) is 19.1 Å². The third kappa shape index (κ3) is 15.2. The van der Waals surface area contributed by atoms with Crippen molar-refractivity contribution in [2.24, 2.45) is 0 Å². The molecule has 9 heteroatoms. The van der Waals surface area contributed by atoms with Crippen molar-refractivity contribution in [2.75, 3.05) is 32.9 Å². The first-order valence-electron chi connectivity index (χ1n) is 9.92. The highest BCUT2D eigenvalue weighted by Gasteiger charge is 2.20. The summed E-state index contributed by atoms with van der Waals surface area (Å²) in [7, 11) is 0. The lowest BCUT2D eigenvalue weighted by molar-refractivity contribution is -0.129. The Bertz CT molecular complexity index is 465. The standard InChI is InChI=1S/C19H37N3O6/c1-5-13-27-14-9-16(24)22-15(17(25)20-11-12-23)8-6-7-10-21-18(26)28-19(2,3)4/h15,23H,5-14H2,1-4H3,(H,20,25)(H,21,26)(H,22,24). The van der Waals surface area contributed by atoms with Crippen LogP contribution in [0.3, 0.4) is 0 Å². The topological polar surface area (TPSA) is 126 Å². The predicted molar refractivity (Wildman–Crippen MR) is 106 cm³/mol. The van der Waals surface area contributed by atoms with Crippen LogP contribution in [0.4, 0.5) is 4.79 Å². The summed E-state index contributed by atoms with van der Waals surface area (Å²) in [6, 6.07) is -0.688. The Balaban J connectivity index is 4.29. The molecule has 0 aromatic heterocycles. The Morgan fingerprint density at radius 2 is 1.75 bits per heavy atom. The van der Waals surface area contributed by atoms with Crippen molar-refractivity contribution in [3.63, 3.8) is 0 Å². The van der Waals surface area contributed by atoms with E-state index in [1.54, 1.807) is 20.8 Å². The molecule has 1 atom stereocenters. The first-order chi connectivity index (χ1) is 13.2. The second kappa shape index (κ2) is 15.1. The average molecular weight is 404 g/mol. The quantitative estimate of drug-likeness (QED) is 0.322. The first-order valence-corrected chi connectivity index (χ1v) is 9.92. The van der Waals surface area contributed by atoms with Crippen LogP contribution in [0.15, 0.2) is 0 Å². The lowest BCUT2D eigenvalue weighted by atomic mass is 10.1. The summed E-state index contributed by atoms with van der Waals surface area (Å²) in [5.41, 5.74) is -0.550. The van der Waals surface area contributed by atoms with Crippen molar-refractivity contribution in [1.29, 1.82) is 0 Å². The van der Waals surface area contributed by atoms with Crippen LogP contribution >= 0.6 is 0 Å². The SMILES string of the molecule is CCCOCCC(=O)NC(CCCCNC(=O)OC(C)(C)C)C(=O)NCCO. The molecular weight excluding hydrogens is 366 g/mol. The maximum atomic E-state index is 12.2. The molecule has 0 aromatic rings. The lowest BCUT2D eigenvalue weighted by Gasteiger charge is -2.20. The maximum absolute atomic E-state index is 12.2. The van der Waals surface area contributed by atoms with Gasteiger partial charge in [-0.3, -0.25) is 9.59 Å². The van der Waals surface area contributed by atoms with Crippen LogP contribution in [0.25, 0.3) is 0 Å².